The molecule has 0 spiro atoms. The molecule has 2 rings (SSSR count). The van der Waals surface area contributed by atoms with E-state index in [1.165, 1.54) is 0 Å². The summed E-state index contributed by atoms with van der Waals surface area (Å²) in [7, 11) is 0. The summed E-state index contributed by atoms with van der Waals surface area (Å²) in [6.45, 7) is 0.556. The fourth-order valence-electron chi connectivity index (χ4n) is 1.59. The second-order valence-electron chi connectivity index (χ2n) is 3.98. The summed E-state index contributed by atoms with van der Waals surface area (Å²) >= 11 is 0. The third kappa shape index (κ3) is 2.25. The number of nitrogens with zero attached hydrogens (tertiary/aromatic N) is 2. The van der Waals surface area contributed by atoms with E-state index in [0.717, 1.165) is 24.9 Å². The summed E-state index contributed by atoms with van der Waals surface area (Å²) in [4.78, 5) is 3.94. The van der Waals surface area contributed by atoms with Crippen molar-refractivity contribution in [1.29, 1.82) is 5.26 Å². The maximum Gasteiger partial charge on any atom is 0.140 e. The fourth-order valence-corrected chi connectivity index (χ4v) is 1.59. The molecule has 4 nitrogen and oxygen atoms in total. The van der Waals surface area contributed by atoms with Gasteiger partial charge in [-0.1, -0.05) is 0 Å². The van der Waals surface area contributed by atoms with E-state index in [0.29, 0.717) is 12.2 Å². The Labute approximate surface area is 88.6 Å². The van der Waals surface area contributed by atoms with E-state index in [1.54, 1.807) is 18.3 Å². The molecule has 1 fully saturated rings. The molecule has 78 valence electrons. The van der Waals surface area contributed by atoms with Crippen LogP contribution in [0.2, 0.25) is 0 Å². The van der Waals surface area contributed by atoms with Crippen LogP contribution in [0.3, 0.4) is 0 Å². The van der Waals surface area contributed by atoms with Gasteiger partial charge in [0, 0.05) is 6.54 Å². The predicted octanol–water partition coefficient (Wildman–Crippen LogP) is 1.28. The van der Waals surface area contributed by atoms with Crippen molar-refractivity contribution in [2.24, 2.45) is 0 Å². The lowest BCUT2D eigenvalue weighted by Crippen LogP contribution is -2.43. The van der Waals surface area contributed by atoms with E-state index in [9.17, 15) is 5.11 Å². The number of anilines is 1. The molecule has 1 aromatic heterocycles. The molecule has 1 saturated carbocycles. The molecule has 0 unspecified atom stereocenters. The number of nitrogens with one attached hydrogen (secondary N) is 1. The van der Waals surface area contributed by atoms with Gasteiger partial charge in [0.25, 0.3) is 0 Å². The number of hydrogen-bond donors (Lipinski definition) is 2. The first-order valence-corrected chi connectivity index (χ1v) is 5.04. The van der Waals surface area contributed by atoms with Crippen LogP contribution in [0.1, 0.15) is 25.0 Å². The SMILES string of the molecule is N#Cc1ccc(NCC2(O)CCC2)cn1. The monoisotopic (exact) mass is 203 g/mol. The molecular weight excluding hydrogens is 190 g/mol. The average molecular weight is 203 g/mol. The van der Waals surface area contributed by atoms with E-state index in [4.69, 9.17) is 5.26 Å². The second-order valence-corrected chi connectivity index (χ2v) is 3.98. The maximum atomic E-state index is 9.84. The molecule has 0 aliphatic heterocycles. The van der Waals surface area contributed by atoms with Gasteiger partial charge in [0.05, 0.1) is 17.5 Å². The molecule has 4 heteroatoms. The number of nitriles is 1. The molecule has 1 heterocycles. The standard InChI is InChI=1S/C11H13N3O/c12-6-9-2-3-10(7-13-9)14-8-11(15)4-1-5-11/h2-3,7,14-15H,1,4-5,8H2. The summed E-state index contributed by atoms with van der Waals surface area (Å²) in [6.07, 6.45) is 4.44. The molecule has 0 atom stereocenters. The minimum Gasteiger partial charge on any atom is -0.388 e. The topological polar surface area (TPSA) is 68.9 Å². The van der Waals surface area contributed by atoms with Crippen LogP contribution < -0.4 is 5.32 Å². The maximum absolute atomic E-state index is 9.84. The smallest absolute Gasteiger partial charge is 0.140 e. The Hall–Kier alpha value is -1.60. The molecule has 1 aliphatic rings. The lowest BCUT2D eigenvalue weighted by atomic mass is 9.80. The van der Waals surface area contributed by atoms with Crippen LogP contribution in [0.25, 0.3) is 0 Å². The Morgan fingerprint density at radius 2 is 2.33 bits per heavy atom. The zero-order valence-electron chi connectivity index (χ0n) is 8.40. The van der Waals surface area contributed by atoms with Gasteiger partial charge in [-0.15, -0.1) is 0 Å². The van der Waals surface area contributed by atoms with Crippen LogP contribution in [-0.4, -0.2) is 22.2 Å². The normalized spacial score (nSPS) is 17.6. The molecule has 0 aromatic carbocycles. The first kappa shape index (κ1) is 9.94. The van der Waals surface area contributed by atoms with Crippen molar-refractivity contribution in [3.63, 3.8) is 0 Å². The number of rotatable bonds is 3. The number of hydrogen-bond acceptors (Lipinski definition) is 4. The molecule has 0 bridgehead atoms. The van der Waals surface area contributed by atoms with Crippen molar-refractivity contribution in [2.75, 3.05) is 11.9 Å². The Morgan fingerprint density at radius 3 is 2.80 bits per heavy atom. The van der Waals surface area contributed by atoms with Gasteiger partial charge < -0.3 is 10.4 Å². The number of pyridine rings is 1. The summed E-state index contributed by atoms with van der Waals surface area (Å²) in [6, 6.07) is 5.42. The highest BCUT2D eigenvalue weighted by Gasteiger charge is 2.33. The predicted molar refractivity (Wildman–Crippen MR) is 56.2 cm³/mol. The van der Waals surface area contributed by atoms with Crippen LogP contribution in [0.5, 0.6) is 0 Å². The molecule has 1 aliphatic carbocycles. The largest absolute Gasteiger partial charge is 0.388 e. The quantitative estimate of drug-likeness (QED) is 0.776. The van der Waals surface area contributed by atoms with E-state index in [1.807, 2.05) is 6.07 Å². The van der Waals surface area contributed by atoms with Crippen LogP contribution >= 0.6 is 0 Å². The number of aromatic nitrogens is 1. The minimum absolute atomic E-state index is 0.405. The molecule has 0 radical (unpaired) electrons. The highest BCUT2D eigenvalue weighted by atomic mass is 16.3. The van der Waals surface area contributed by atoms with Crippen molar-refractivity contribution in [3.05, 3.63) is 24.0 Å². The van der Waals surface area contributed by atoms with Crippen LogP contribution in [-0.2, 0) is 0 Å². The fraction of sp³-hybridized carbons (Fsp3) is 0.455. The third-order valence-corrected chi connectivity index (χ3v) is 2.78. The van der Waals surface area contributed by atoms with Gasteiger partial charge >= 0.3 is 0 Å². The summed E-state index contributed by atoms with van der Waals surface area (Å²) in [5.41, 5.74) is 0.714. The Morgan fingerprint density at radius 1 is 1.53 bits per heavy atom. The first-order valence-electron chi connectivity index (χ1n) is 5.04. The Kier molecular flexibility index (Phi) is 2.57. The van der Waals surface area contributed by atoms with Crippen LogP contribution in [0, 0.1) is 11.3 Å². The van der Waals surface area contributed by atoms with E-state index < -0.39 is 5.60 Å². The van der Waals surface area contributed by atoms with Gasteiger partial charge in [0.2, 0.25) is 0 Å². The lowest BCUT2D eigenvalue weighted by molar-refractivity contribution is -0.0202. The van der Waals surface area contributed by atoms with Crippen molar-refractivity contribution in [1.82, 2.24) is 4.98 Å². The van der Waals surface area contributed by atoms with Crippen molar-refractivity contribution in [2.45, 2.75) is 24.9 Å². The average Bonchev–Trinajstić information content (AvgIpc) is 2.24. The van der Waals surface area contributed by atoms with E-state index >= 15 is 0 Å². The van der Waals surface area contributed by atoms with Gasteiger partial charge in [-0.25, -0.2) is 4.98 Å². The molecule has 15 heavy (non-hydrogen) atoms. The van der Waals surface area contributed by atoms with Gasteiger partial charge in [0.15, 0.2) is 0 Å². The van der Waals surface area contributed by atoms with Crippen LogP contribution in [0.15, 0.2) is 18.3 Å². The van der Waals surface area contributed by atoms with Crippen molar-refractivity contribution in [3.8, 4) is 6.07 Å². The minimum atomic E-state index is -0.534. The third-order valence-electron chi connectivity index (χ3n) is 2.78. The summed E-state index contributed by atoms with van der Waals surface area (Å²) in [5, 5.41) is 21.5. The second kappa shape index (κ2) is 3.87. The summed E-state index contributed by atoms with van der Waals surface area (Å²) in [5.74, 6) is 0. The van der Waals surface area contributed by atoms with Gasteiger partial charge in [0.1, 0.15) is 11.8 Å². The molecule has 2 N–H and O–H groups in total. The summed E-state index contributed by atoms with van der Waals surface area (Å²) < 4.78 is 0. The van der Waals surface area contributed by atoms with E-state index in [2.05, 4.69) is 10.3 Å². The van der Waals surface area contributed by atoms with Gasteiger partial charge in [-0.3, -0.25) is 0 Å². The molecule has 1 aromatic rings. The van der Waals surface area contributed by atoms with Crippen LogP contribution in [0.4, 0.5) is 5.69 Å². The molecule has 0 saturated heterocycles. The zero-order valence-corrected chi connectivity index (χ0v) is 8.40. The highest BCUT2D eigenvalue weighted by Crippen LogP contribution is 2.31. The highest BCUT2D eigenvalue weighted by molar-refractivity contribution is 5.43. The molecule has 0 amide bonds. The van der Waals surface area contributed by atoms with Crippen molar-refractivity contribution >= 4 is 5.69 Å². The Bertz CT molecular complexity index is 376. The molecular formula is C11H13N3O. The first-order chi connectivity index (χ1) is 7.22. The van der Waals surface area contributed by atoms with Crippen molar-refractivity contribution < 1.29 is 5.11 Å². The van der Waals surface area contributed by atoms with Gasteiger partial charge in [-0.05, 0) is 31.4 Å². The number of aliphatic hydroxyl groups is 1. The zero-order chi connectivity index (χ0) is 10.7. The Balaban J connectivity index is 1.91. The lowest BCUT2D eigenvalue weighted by Gasteiger charge is -2.36. The van der Waals surface area contributed by atoms with Gasteiger partial charge in [-0.2, -0.15) is 5.26 Å². The van der Waals surface area contributed by atoms with E-state index in [-0.39, 0.29) is 0 Å².